The Morgan fingerprint density at radius 3 is 2.70 bits per heavy atom. The molecule has 0 atom stereocenters. The largest absolute Gasteiger partial charge is 0.508 e. The molecule has 1 aliphatic heterocycles. The molecule has 2 N–H and O–H groups in total. The van der Waals surface area contributed by atoms with Crippen LogP contribution in [0.2, 0.25) is 0 Å². The second-order valence-electron chi connectivity index (χ2n) is 5.82. The Bertz CT molecular complexity index is 1000. The Morgan fingerprint density at radius 2 is 2.00 bits per heavy atom. The van der Waals surface area contributed by atoms with E-state index in [0.29, 0.717) is 23.2 Å². The highest BCUT2D eigenvalue weighted by atomic mass is 79.9. The molecule has 0 unspecified atom stereocenters. The molecular formula is C20H15BrN2O3S. The minimum atomic E-state index is -0.561. The first kappa shape index (κ1) is 19.0. The van der Waals surface area contributed by atoms with E-state index in [9.17, 15) is 14.7 Å². The highest BCUT2D eigenvalue weighted by molar-refractivity contribution is 9.10. The number of halogens is 1. The van der Waals surface area contributed by atoms with Crippen molar-refractivity contribution in [3.63, 3.8) is 0 Å². The van der Waals surface area contributed by atoms with E-state index in [-0.39, 0.29) is 16.4 Å². The molecule has 3 rings (SSSR count). The Labute approximate surface area is 170 Å². The highest BCUT2D eigenvalue weighted by Crippen LogP contribution is 2.26. The van der Waals surface area contributed by atoms with Crippen LogP contribution in [0.5, 0.6) is 5.75 Å². The summed E-state index contributed by atoms with van der Waals surface area (Å²) in [7, 11) is 0. The van der Waals surface area contributed by atoms with Crippen LogP contribution in [0, 0.1) is 0 Å². The number of anilines is 1. The fourth-order valence-electron chi connectivity index (χ4n) is 2.69. The van der Waals surface area contributed by atoms with Crippen LogP contribution in [0.3, 0.4) is 0 Å². The van der Waals surface area contributed by atoms with Crippen molar-refractivity contribution in [3.05, 3.63) is 76.3 Å². The van der Waals surface area contributed by atoms with Crippen molar-refractivity contribution < 1.29 is 14.7 Å². The maximum Gasteiger partial charge on any atom is 0.270 e. The monoisotopic (exact) mass is 442 g/mol. The van der Waals surface area contributed by atoms with Crippen molar-refractivity contribution in [2.24, 2.45) is 0 Å². The van der Waals surface area contributed by atoms with Gasteiger partial charge in [0.2, 0.25) is 0 Å². The minimum Gasteiger partial charge on any atom is -0.508 e. The molecule has 27 heavy (non-hydrogen) atoms. The highest BCUT2D eigenvalue weighted by Gasteiger charge is 2.34. The molecule has 2 aromatic carbocycles. The standard InChI is InChI=1S/C20H15BrN2O3S/c1-2-4-13-9-12(7-8-17(13)24)10-16-18(25)22-20(27)23(19(16)26)15-6-3-5-14(21)11-15/h2-3,5-11,24H,1,4H2,(H,22,25,27)/b16-10+. The number of thiocarbonyl (C=S) groups is 1. The van der Waals surface area contributed by atoms with E-state index in [2.05, 4.69) is 27.8 Å². The zero-order valence-corrected chi connectivity index (χ0v) is 16.5. The van der Waals surface area contributed by atoms with Crippen molar-refractivity contribution >= 4 is 56.8 Å². The molecule has 0 saturated carbocycles. The van der Waals surface area contributed by atoms with Crippen molar-refractivity contribution in [2.45, 2.75) is 6.42 Å². The third kappa shape index (κ3) is 3.99. The number of allylic oxidation sites excluding steroid dienone is 1. The number of hydrogen-bond acceptors (Lipinski definition) is 4. The van der Waals surface area contributed by atoms with Gasteiger partial charge in [0.1, 0.15) is 11.3 Å². The first-order valence-corrected chi connectivity index (χ1v) is 9.20. The number of aromatic hydroxyl groups is 1. The van der Waals surface area contributed by atoms with E-state index in [1.165, 1.54) is 17.0 Å². The minimum absolute atomic E-state index is 0.0262. The molecule has 0 spiro atoms. The number of amides is 2. The molecule has 0 aliphatic carbocycles. The number of benzene rings is 2. The first-order valence-electron chi connectivity index (χ1n) is 8.00. The quantitative estimate of drug-likeness (QED) is 0.327. The zero-order chi connectivity index (χ0) is 19.6. The Hall–Kier alpha value is -2.77. The van der Waals surface area contributed by atoms with Crippen molar-refractivity contribution in [3.8, 4) is 5.75 Å². The Kier molecular flexibility index (Phi) is 5.53. The van der Waals surface area contributed by atoms with Gasteiger partial charge in [0.25, 0.3) is 11.8 Å². The molecule has 0 bridgehead atoms. The fraction of sp³-hybridized carbons (Fsp3) is 0.0500. The Balaban J connectivity index is 2.02. The van der Waals surface area contributed by atoms with Gasteiger partial charge in [-0.25, -0.2) is 0 Å². The lowest BCUT2D eigenvalue weighted by molar-refractivity contribution is -0.122. The van der Waals surface area contributed by atoms with Gasteiger partial charge in [-0.2, -0.15) is 0 Å². The third-order valence-corrected chi connectivity index (χ3v) is 4.72. The molecule has 1 heterocycles. The number of carbonyl (C=O) groups is 2. The molecular weight excluding hydrogens is 428 g/mol. The van der Waals surface area contributed by atoms with Gasteiger partial charge in [-0.15, -0.1) is 6.58 Å². The topological polar surface area (TPSA) is 69.6 Å². The molecule has 2 amide bonds. The number of rotatable bonds is 4. The van der Waals surface area contributed by atoms with Gasteiger partial charge in [-0.3, -0.25) is 19.8 Å². The van der Waals surface area contributed by atoms with Crippen LogP contribution < -0.4 is 10.2 Å². The summed E-state index contributed by atoms with van der Waals surface area (Å²) in [5.41, 5.74) is 1.77. The molecule has 7 heteroatoms. The smallest absolute Gasteiger partial charge is 0.270 e. The lowest BCUT2D eigenvalue weighted by atomic mass is 10.0. The van der Waals surface area contributed by atoms with Gasteiger partial charge >= 0.3 is 0 Å². The van der Waals surface area contributed by atoms with Crippen LogP contribution in [-0.4, -0.2) is 22.0 Å². The summed E-state index contributed by atoms with van der Waals surface area (Å²) >= 11 is 8.55. The maximum absolute atomic E-state index is 13.0. The molecule has 1 aliphatic rings. The van der Waals surface area contributed by atoms with Crippen LogP contribution in [0.25, 0.3) is 6.08 Å². The van der Waals surface area contributed by atoms with E-state index in [4.69, 9.17) is 12.2 Å². The number of phenolic OH excluding ortho intramolecular Hbond substituents is 1. The number of nitrogens with one attached hydrogen (secondary N) is 1. The molecule has 0 aromatic heterocycles. The lowest BCUT2D eigenvalue weighted by Crippen LogP contribution is -2.54. The van der Waals surface area contributed by atoms with Gasteiger partial charge in [0.15, 0.2) is 5.11 Å². The van der Waals surface area contributed by atoms with Crippen molar-refractivity contribution in [1.82, 2.24) is 5.32 Å². The third-order valence-electron chi connectivity index (χ3n) is 3.95. The zero-order valence-electron chi connectivity index (χ0n) is 14.1. The van der Waals surface area contributed by atoms with Crippen LogP contribution in [0.1, 0.15) is 11.1 Å². The molecule has 5 nitrogen and oxygen atoms in total. The normalized spacial score (nSPS) is 15.8. The van der Waals surface area contributed by atoms with Gasteiger partial charge in [-0.05, 0) is 66.2 Å². The van der Waals surface area contributed by atoms with Gasteiger partial charge < -0.3 is 5.11 Å². The van der Waals surface area contributed by atoms with Crippen molar-refractivity contribution in [2.75, 3.05) is 4.90 Å². The summed E-state index contributed by atoms with van der Waals surface area (Å²) in [6, 6.07) is 11.9. The fourth-order valence-corrected chi connectivity index (χ4v) is 3.36. The number of phenols is 1. The van der Waals surface area contributed by atoms with Gasteiger partial charge in [0.05, 0.1) is 5.69 Å². The summed E-state index contributed by atoms with van der Waals surface area (Å²) in [4.78, 5) is 26.6. The number of carbonyl (C=O) groups excluding carboxylic acids is 2. The van der Waals surface area contributed by atoms with E-state index in [1.807, 2.05) is 6.07 Å². The van der Waals surface area contributed by atoms with Crippen LogP contribution in [-0.2, 0) is 16.0 Å². The summed E-state index contributed by atoms with van der Waals surface area (Å²) < 4.78 is 0.783. The second-order valence-corrected chi connectivity index (χ2v) is 7.12. The molecule has 1 fully saturated rings. The maximum atomic E-state index is 13.0. The average Bonchev–Trinajstić information content (AvgIpc) is 2.61. The summed E-state index contributed by atoms with van der Waals surface area (Å²) in [6.45, 7) is 3.66. The van der Waals surface area contributed by atoms with E-state index in [0.717, 1.165) is 4.47 Å². The van der Waals surface area contributed by atoms with E-state index >= 15 is 0 Å². The van der Waals surface area contributed by atoms with Crippen LogP contribution >= 0.6 is 28.1 Å². The average molecular weight is 443 g/mol. The van der Waals surface area contributed by atoms with Crippen LogP contribution in [0.15, 0.2) is 65.2 Å². The van der Waals surface area contributed by atoms with Gasteiger partial charge in [0, 0.05) is 4.47 Å². The predicted octanol–water partition coefficient (Wildman–Crippen LogP) is 3.71. The second kappa shape index (κ2) is 7.85. The lowest BCUT2D eigenvalue weighted by Gasteiger charge is -2.29. The van der Waals surface area contributed by atoms with Crippen molar-refractivity contribution in [1.29, 1.82) is 0 Å². The Morgan fingerprint density at radius 1 is 1.22 bits per heavy atom. The number of nitrogens with zero attached hydrogens (tertiary/aromatic N) is 1. The molecule has 0 radical (unpaired) electrons. The molecule has 136 valence electrons. The molecule has 1 saturated heterocycles. The first-order chi connectivity index (χ1) is 12.9. The van der Waals surface area contributed by atoms with Crippen LogP contribution in [0.4, 0.5) is 5.69 Å². The molecule has 2 aromatic rings. The summed E-state index contributed by atoms with van der Waals surface area (Å²) in [5, 5.41) is 12.5. The van der Waals surface area contributed by atoms with Gasteiger partial charge in [-0.1, -0.05) is 34.1 Å². The van der Waals surface area contributed by atoms with E-state index < -0.39 is 11.8 Å². The number of hydrogen-bond donors (Lipinski definition) is 2. The SMILES string of the molecule is C=CCc1cc(/C=C2\C(=O)NC(=S)N(c3cccc(Br)c3)C2=O)ccc1O. The summed E-state index contributed by atoms with van der Waals surface area (Å²) in [5.74, 6) is -0.941. The summed E-state index contributed by atoms with van der Waals surface area (Å²) in [6.07, 6.45) is 3.62. The predicted molar refractivity (Wildman–Crippen MR) is 112 cm³/mol. The van der Waals surface area contributed by atoms with E-state index in [1.54, 1.807) is 36.4 Å².